The Hall–Kier alpha value is -2.21. The molecule has 0 aromatic heterocycles. The van der Waals surface area contributed by atoms with Gasteiger partial charge in [0.15, 0.2) is 11.5 Å². The van der Waals surface area contributed by atoms with Gasteiger partial charge in [0.05, 0.1) is 12.5 Å². The fourth-order valence-corrected chi connectivity index (χ4v) is 4.20. The first-order chi connectivity index (χ1) is 13.2. The number of carbonyl (C=O) groups is 1. The number of aliphatic hydroxyl groups is 1. The number of nitrogens with zero attached hydrogens (tertiary/aromatic N) is 1. The third-order valence-electron chi connectivity index (χ3n) is 5.38. The van der Waals surface area contributed by atoms with Gasteiger partial charge in [-0.3, -0.25) is 0 Å². The van der Waals surface area contributed by atoms with Crippen molar-refractivity contribution in [3.63, 3.8) is 0 Å². The van der Waals surface area contributed by atoms with Gasteiger partial charge in [-0.15, -0.1) is 0 Å². The molecule has 0 bridgehead atoms. The zero-order chi connectivity index (χ0) is 20.5. The van der Waals surface area contributed by atoms with E-state index < -0.39 is 11.0 Å². The van der Waals surface area contributed by atoms with E-state index >= 15 is 0 Å². The van der Waals surface area contributed by atoms with Crippen LogP contribution in [0.25, 0.3) is 0 Å². The summed E-state index contributed by atoms with van der Waals surface area (Å²) in [5, 5.41) is 9.80. The summed E-state index contributed by atoms with van der Waals surface area (Å²) in [6.07, 6.45) is 6.31. The number of hydrogen-bond donors (Lipinski definition) is 1. The minimum absolute atomic E-state index is 0.0402. The van der Waals surface area contributed by atoms with Gasteiger partial charge in [-0.05, 0) is 51.7 Å². The van der Waals surface area contributed by atoms with Crippen molar-refractivity contribution in [3.05, 3.63) is 35.4 Å². The lowest BCUT2D eigenvalue weighted by Gasteiger charge is -2.35. The third kappa shape index (κ3) is 3.70. The number of benzene rings is 1. The number of amides is 1. The van der Waals surface area contributed by atoms with Crippen LogP contribution >= 0.6 is 0 Å². The Labute approximate surface area is 167 Å². The first-order valence-corrected chi connectivity index (χ1v) is 9.81. The lowest BCUT2D eigenvalue weighted by molar-refractivity contribution is 0.0284. The molecule has 1 aromatic rings. The van der Waals surface area contributed by atoms with Crippen molar-refractivity contribution in [3.8, 4) is 11.5 Å². The molecule has 1 aromatic carbocycles. The molecule has 0 unspecified atom stereocenters. The minimum atomic E-state index is -0.550. The average Bonchev–Trinajstić information content (AvgIpc) is 2.96. The molecule has 1 aliphatic carbocycles. The number of carbonyl (C=O) groups excluding carboxylic acids is 1. The van der Waals surface area contributed by atoms with Crippen molar-refractivity contribution in [1.82, 2.24) is 4.90 Å². The maximum Gasteiger partial charge on any atom is 0.410 e. The highest BCUT2D eigenvalue weighted by Gasteiger charge is 2.50. The minimum Gasteiger partial charge on any atom is -0.493 e. The molecule has 1 N–H and O–H groups in total. The van der Waals surface area contributed by atoms with Crippen LogP contribution in [0.3, 0.4) is 0 Å². The monoisotopic (exact) mass is 389 g/mol. The fraction of sp³-hybridized carbons (Fsp3) is 0.591. The van der Waals surface area contributed by atoms with Gasteiger partial charge in [0, 0.05) is 25.8 Å². The molecule has 1 amide bonds. The summed E-state index contributed by atoms with van der Waals surface area (Å²) >= 11 is 0. The van der Waals surface area contributed by atoms with E-state index in [1.165, 1.54) is 0 Å². The molecule has 0 saturated heterocycles. The van der Waals surface area contributed by atoms with Gasteiger partial charge in [-0.25, -0.2) is 4.79 Å². The van der Waals surface area contributed by atoms with Crippen LogP contribution in [0, 0.1) is 0 Å². The van der Waals surface area contributed by atoms with E-state index in [1.807, 2.05) is 32.9 Å². The number of allylic oxidation sites excluding steroid dienone is 1. The molecule has 6 heteroatoms. The van der Waals surface area contributed by atoms with Gasteiger partial charge in [0.1, 0.15) is 11.7 Å². The molecule has 0 spiro atoms. The van der Waals surface area contributed by atoms with E-state index in [1.54, 1.807) is 19.1 Å². The van der Waals surface area contributed by atoms with E-state index in [4.69, 9.17) is 14.2 Å². The van der Waals surface area contributed by atoms with Crippen LogP contribution in [0.4, 0.5) is 4.79 Å². The number of aliphatic hydroxyl groups excluding tert-OH is 1. The van der Waals surface area contributed by atoms with Gasteiger partial charge in [-0.1, -0.05) is 18.2 Å². The standard InChI is InChI=1S/C22H31NO5/c1-21(2,3)28-20(25)23(4)14-15-9-10-16(26-5)19-18(15)22(12-13-24)11-7-6-8-17(22)27-19/h7,9-11,17,24H,6,8,12-14H2,1-5H3/t17-,22-/m0/s1. The van der Waals surface area contributed by atoms with Crippen molar-refractivity contribution >= 4 is 6.09 Å². The summed E-state index contributed by atoms with van der Waals surface area (Å²) in [6.45, 7) is 6.00. The van der Waals surface area contributed by atoms with Crippen LogP contribution in [-0.4, -0.2) is 48.6 Å². The predicted molar refractivity (Wildman–Crippen MR) is 107 cm³/mol. The van der Waals surface area contributed by atoms with Crippen LogP contribution in [-0.2, 0) is 16.7 Å². The molecule has 2 atom stereocenters. The molecule has 0 saturated carbocycles. The van der Waals surface area contributed by atoms with Gasteiger partial charge >= 0.3 is 6.09 Å². The summed E-state index contributed by atoms with van der Waals surface area (Å²) in [6, 6.07) is 3.86. The maximum absolute atomic E-state index is 12.5. The first kappa shape index (κ1) is 20.5. The van der Waals surface area contributed by atoms with E-state index in [-0.39, 0.29) is 18.8 Å². The lowest BCUT2D eigenvalue weighted by atomic mass is 9.69. The number of hydrogen-bond acceptors (Lipinski definition) is 5. The van der Waals surface area contributed by atoms with E-state index in [0.29, 0.717) is 18.7 Å². The second-order valence-corrected chi connectivity index (χ2v) is 8.57. The van der Waals surface area contributed by atoms with E-state index in [9.17, 15) is 9.90 Å². The second-order valence-electron chi connectivity index (χ2n) is 8.57. The maximum atomic E-state index is 12.5. The Bertz CT molecular complexity index is 767. The van der Waals surface area contributed by atoms with Crippen LogP contribution in [0.1, 0.15) is 51.2 Å². The zero-order valence-electron chi connectivity index (χ0n) is 17.4. The highest BCUT2D eigenvalue weighted by molar-refractivity contribution is 5.68. The number of methoxy groups -OCH3 is 1. The van der Waals surface area contributed by atoms with Gasteiger partial charge in [0.2, 0.25) is 0 Å². The molecule has 0 radical (unpaired) electrons. The molecule has 6 nitrogen and oxygen atoms in total. The van der Waals surface area contributed by atoms with Gasteiger partial charge < -0.3 is 24.2 Å². The smallest absolute Gasteiger partial charge is 0.410 e. The van der Waals surface area contributed by atoms with Crippen molar-refractivity contribution in [2.24, 2.45) is 0 Å². The molecule has 1 heterocycles. The normalized spacial score (nSPS) is 22.9. The fourth-order valence-electron chi connectivity index (χ4n) is 4.20. The van der Waals surface area contributed by atoms with Crippen LogP contribution in [0.15, 0.2) is 24.3 Å². The molecule has 28 heavy (non-hydrogen) atoms. The molecule has 0 fully saturated rings. The zero-order valence-corrected chi connectivity index (χ0v) is 17.4. The molecular weight excluding hydrogens is 358 g/mol. The SMILES string of the molecule is COc1ccc(CN(C)C(=O)OC(C)(C)C)c2c1O[C@H]1CCC=C[C@@]21CCO. The first-order valence-electron chi connectivity index (χ1n) is 9.81. The Balaban J connectivity index is 2.01. The Kier molecular flexibility index (Phi) is 5.62. The second kappa shape index (κ2) is 7.66. The Morgan fingerprint density at radius 3 is 2.79 bits per heavy atom. The van der Waals surface area contributed by atoms with E-state index in [0.717, 1.165) is 29.7 Å². The number of ether oxygens (including phenoxy) is 3. The largest absolute Gasteiger partial charge is 0.493 e. The van der Waals surface area contributed by atoms with Crippen molar-refractivity contribution in [2.45, 2.75) is 63.7 Å². The highest BCUT2D eigenvalue weighted by atomic mass is 16.6. The quantitative estimate of drug-likeness (QED) is 0.776. The predicted octanol–water partition coefficient (Wildman–Crippen LogP) is 3.79. The summed E-state index contributed by atoms with van der Waals surface area (Å²) < 4.78 is 17.4. The summed E-state index contributed by atoms with van der Waals surface area (Å²) in [5.74, 6) is 1.40. The Morgan fingerprint density at radius 1 is 1.39 bits per heavy atom. The molecule has 154 valence electrons. The Morgan fingerprint density at radius 2 is 2.14 bits per heavy atom. The summed E-state index contributed by atoms with van der Waals surface area (Å²) in [5.41, 5.74) is 1.04. The molecule has 2 aliphatic rings. The van der Waals surface area contributed by atoms with Crippen molar-refractivity contribution in [1.29, 1.82) is 0 Å². The number of rotatable bonds is 5. The molecular formula is C22H31NO5. The van der Waals surface area contributed by atoms with Crippen LogP contribution < -0.4 is 9.47 Å². The van der Waals surface area contributed by atoms with Gasteiger partial charge in [-0.2, -0.15) is 0 Å². The van der Waals surface area contributed by atoms with Crippen molar-refractivity contribution in [2.75, 3.05) is 20.8 Å². The molecule has 1 aliphatic heterocycles. The van der Waals surface area contributed by atoms with Crippen molar-refractivity contribution < 1.29 is 24.1 Å². The number of fused-ring (bicyclic) bond motifs is 3. The van der Waals surface area contributed by atoms with Gasteiger partial charge in [0.25, 0.3) is 0 Å². The topological polar surface area (TPSA) is 68.2 Å². The average molecular weight is 389 g/mol. The summed E-state index contributed by atoms with van der Waals surface area (Å²) in [4.78, 5) is 14.0. The highest BCUT2D eigenvalue weighted by Crippen LogP contribution is 2.54. The third-order valence-corrected chi connectivity index (χ3v) is 5.38. The van der Waals surface area contributed by atoms with E-state index in [2.05, 4.69) is 12.2 Å². The molecule has 3 rings (SSSR count). The summed E-state index contributed by atoms with van der Waals surface area (Å²) in [7, 11) is 3.36. The van der Waals surface area contributed by atoms with Crippen LogP contribution in [0.2, 0.25) is 0 Å². The van der Waals surface area contributed by atoms with Crippen LogP contribution in [0.5, 0.6) is 11.5 Å². The lowest BCUT2D eigenvalue weighted by Crippen LogP contribution is -2.40.